The molecule has 0 spiro atoms. The van der Waals surface area contributed by atoms with Crippen LogP contribution in [-0.4, -0.2) is 121 Å². The summed E-state index contributed by atoms with van der Waals surface area (Å²) < 4.78 is 9.50. The molecule has 0 radical (unpaired) electrons. The monoisotopic (exact) mass is 1760 g/mol. The van der Waals surface area contributed by atoms with Crippen LogP contribution in [0.1, 0.15) is 148 Å². The zero-order valence-electron chi connectivity index (χ0n) is 64.9. The third kappa shape index (κ3) is 40.9. The van der Waals surface area contributed by atoms with Crippen molar-refractivity contribution in [3.8, 4) is 0 Å². The smallest absolute Gasteiger partial charge is 0.309 e. The van der Waals surface area contributed by atoms with Crippen LogP contribution in [0.25, 0.3) is 0 Å². The van der Waals surface area contributed by atoms with Gasteiger partial charge in [-0.25, -0.2) is 0 Å². The molecule has 18 nitrogen and oxygen atoms in total. The molecule has 612 valence electrons. The van der Waals surface area contributed by atoms with Gasteiger partial charge in [0.05, 0.1) is 37.9 Å². The Labute approximate surface area is 723 Å². The van der Waals surface area contributed by atoms with Gasteiger partial charge in [-0.1, -0.05) is 330 Å². The molecule has 0 aliphatic rings. The number of methoxy groups -OCH3 is 2. The average Bonchev–Trinajstić information content (AvgIpc) is 0.872. The third-order valence-corrected chi connectivity index (χ3v) is 27.1. The molecule has 2 N–H and O–H groups in total. The second kappa shape index (κ2) is 58.8. The highest BCUT2D eigenvalue weighted by Gasteiger charge is 2.28. The van der Waals surface area contributed by atoms with E-state index in [0.717, 1.165) is 83.2 Å². The summed E-state index contributed by atoms with van der Waals surface area (Å²) in [5, 5.41) is 5.36. The molecule has 28 heteroatoms. The molecule has 0 bridgehead atoms. The van der Waals surface area contributed by atoms with Crippen molar-refractivity contribution in [1.82, 2.24) is 10.6 Å². The number of ketones is 4. The number of esters is 2. The van der Waals surface area contributed by atoms with Crippen LogP contribution in [0.3, 0.4) is 0 Å². The van der Waals surface area contributed by atoms with Gasteiger partial charge >= 0.3 is 11.9 Å². The Morgan fingerprint density at radius 3 is 0.829 bits per heavy atom. The number of hydrogen-bond acceptors (Lipinski definition) is 26. The van der Waals surface area contributed by atoms with E-state index in [0.29, 0.717) is 80.6 Å². The summed E-state index contributed by atoms with van der Waals surface area (Å²) in [6, 6.07) is 81.1. The van der Waals surface area contributed by atoms with Crippen LogP contribution in [0.15, 0.2) is 273 Å². The molecule has 0 saturated carbocycles. The molecule has 0 heterocycles. The number of Topliss-reactive ketones (excluding diaryl/α,β-unsaturated/α-hetero) is 4. The topological polar surface area (TPSA) is 281 Å². The molecule has 4 atom stereocenters. The number of ether oxygens (including phenoxy) is 2. The van der Waals surface area contributed by atoms with Crippen LogP contribution < -0.4 is 10.6 Å². The van der Waals surface area contributed by atoms with E-state index in [1.165, 1.54) is 71.2 Å². The molecule has 9 aromatic carbocycles. The third-order valence-electron chi connectivity index (χ3n) is 16.0. The quantitative estimate of drug-likeness (QED) is 0.0158. The first-order chi connectivity index (χ1) is 56.6. The zero-order valence-corrected chi connectivity index (χ0v) is 73.1. The van der Waals surface area contributed by atoms with E-state index in [2.05, 4.69) is 17.6 Å². The van der Waals surface area contributed by atoms with Gasteiger partial charge in [0, 0.05) is 113 Å². The van der Waals surface area contributed by atoms with Gasteiger partial charge in [-0.3, -0.25) is 62.3 Å². The summed E-state index contributed by atoms with van der Waals surface area (Å²) in [5.74, 6) is -2.00. The molecule has 117 heavy (non-hydrogen) atoms. The Morgan fingerprint density at radius 2 is 0.547 bits per heavy atom. The number of rotatable bonds is 37. The highest BCUT2D eigenvalue weighted by molar-refractivity contribution is 8.87. The van der Waals surface area contributed by atoms with Crippen molar-refractivity contribution in [3.05, 3.63) is 323 Å². The summed E-state index contributed by atoms with van der Waals surface area (Å²) >= 11 is 0. The minimum absolute atomic E-state index is 0.0343. The number of unbranched alkanes of at least 4 members (excludes halogenated alkanes) is 1. The van der Waals surface area contributed by atoms with Gasteiger partial charge in [-0.15, -0.1) is 0 Å². The number of amides is 2. The lowest BCUT2D eigenvalue weighted by molar-refractivity contribution is -0.145. The van der Waals surface area contributed by atoms with Gasteiger partial charge in [0.1, 0.15) is 5.78 Å². The predicted molar refractivity (Wildman–Crippen MR) is 486 cm³/mol. The van der Waals surface area contributed by atoms with Gasteiger partial charge < -0.3 is 24.9 Å². The first kappa shape index (κ1) is 98.6. The molecule has 4 unspecified atom stereocenters. The normalized spacial score (nSPS) is 11.4. The lowest BCUT2D eigenvalue weighted by atomic mass is 9.99. The predicted octanol–water partition coefficient (Wildman–Crippen LogP) is 20.4. The maximum atomic E-state index is 12.6. The van der Waals surface area contributed by atoms with Gasteiger partial charge in [0.2, 0.25) is 37.4 Å². The Kier molecular flexibility index (Phi) is 49.6. The Balaban J connectivity index is 0.000000263. The van der Waals surface area contributed by atoms with Crippen molar-refractivity contribution >= 4 is 186 Å². The van der Waals surface area contributed by atoms with Crippen molar-refractivity contribution in [3.63, 3.8) is 0 Å². The highest BCUT2D eigenvalue weighted by Crippen LogP contribution is 2.34. The van der Waals surface area contributed by atoms with Crippen molar-refractivity contribution in [2.24, 2.45) is 23.7 Å². The maximum absolute atomic E-state index is 12.6. The molecule has 2 amide bonds. The van der Waals surface area contributed by atoms with Crippen LogP contribution in [0.2, 0.25) is 0 Å². The second-order valence-corrected chi connectivity index (χ2v) is 36.5. The fraction of sp³-hybridized carbons (Fsp3) is 0.236. The Hall–Kier alpha value is -8.94. The molecule has 0 fully saturated rings. The number of hydrogen-bond donors (Lipinski definition) is 2. The molecule has 9 rings (SSSR count). The Morgan fingerprint density at radius 1 is 0.299 bits per heavy atom. The van der Waals surface area contributed by atoms with Crippen molar-refractivity contribution in [2.75, 3.05) is 43.8 Å². The minimum atomic E-state index is -0.584. The molecular formula is C89H90N2O16S10. The summed E-state index contributed by atoms with van der Waals surface area (Å²) in [6.45, 7) is 6.02. The Bertz CT molecular complexity index is 4520. The molecular weight excluding hydrogens is 1670 g/mol. The first-order valence-electron chi connectivity index (χ1n) is 36.6. The van der Waals surface area contributed by atoms with Gasteiger partial charge in [-0.05, 0) is 83.7 Å². The van der Waals surface area contributed by atoms with E-state index in [4.69, 9.17) is 9.47 Å². The zero-order chi connectivity index (χ0) is 84.8. The lowest BCUT2D eigenvalue weighted by Gasteiger charge is -2.15. The highest BCUT2D eigenvalue weighted by atomic mass is 33.1. The van der Waals surface area contributed by atoms with E-state index >= 15 is 0 Å². The maximum Gasteiger partial charge on any atom is 0.309 e. The van der Waals surface area contributed by atoms with E-state index in [1.807, 2.05) is 115 Å². The van der Waals surface area contributed by atoms with Gasteiger partial charge in [-0.2, -0.15) is 0 Å². The van der Waals surface area contributed by atoms with Crippen LogP contribution in [0, 0.1) is 23.7 Å². The van der Waals surface area contributed by atoms with Crippen LogP contribution in [0.4, 0.5) is 0 Å². The van der Waals surface area contributed by atoms with Crippen molar-refractivity contribution in [1.29, 1.82) is 0 Å². The van der Waals surface area contributed by atoms with E-state index < -0.39 is 35.6 Å². The number of carbonyl (C=O) groups is 14. The van der Waals surface area contributed by atoms with Gasteiger partial charge in [0.25, 0.3) is 0 Å². The van der Waals surface area contributed by atoms with E-state index in [-0.39, 0.29) is 91.3 Å². The number of benzene rings is 9. The largest absolute Gasteiger partial charge is 0.469 e. The second-order valence-electron chi connectivity index (χ2n) is 25.0. The van der Waals surface area contributed by atoms with E-state index in [1.54, 1.807) is 158 Å². The first-order valence-corrected chi connectivity index (χ1v) is 48.0. The minimum Gasteiger partial charge on any atom is -0.469 e. The standard InChI is InChI=1S/C22H25NO3S2.C20H21NO3S2.C19H18O4S2.C14H16O4S2.C14H10O2S2/c1-2-3-14-23-21(25)19(15-20(24)17-10-6-4-7-11-17)16-27-28-22(26)18-12-8-5-9-13-18;1-15(22)12-18(19(23)21-13-16-8-4-2-5-9-16)14-25-26-20(24)17-10-6-3-7-11-17;1-23-18(21)16(12-17(20)14-8-4-2-5-9-14)13-24-25-19(22)15-10-6-3-7-11-15;1-10(15)20-19-9-12(14(17)18-2)8-13(16)11-6-4-3-5-7-11;15-13(11-7-3-1-4-8-11)17-18-14(16)12-9-5-2-6-10-12/h4-13,19H,2-3,14-16H2,1H3,(H,23,25);2-11,18H,12-14H2,1H3,(H,21,23);2-11,16H,12-13H2,1H3;3-7,12H,8-9H2,1-2H3;1-10H. The number of carbonyl (C=O) groups excluding carboxylic acids is 14. The molecule has 0 aromatic heterocycles. The van der Waals surface area contributed by atoms with Crippen LogP contribution in [-0.2, 0) is 44.8 Å². The van der Waals surface area contributed by atoms with E-state index in [9.17, 15) is 67.1 Å². The summed E-state index contributed by atoms with van der Waals surface area (Å²) in [4.78, 5) is 168. The molecule has 9 aromatic rings. The van der Waals surface area contributed by atoms with Crippen molar-refractivity contribution in [2.45, 2.75) is 65.8 Å². The van der Waals surface area contributed by atoms with Crippen molar-refractivity contribution < 1.29 is 76.6 Å². The molecule has 0 saturated heterocycles. The van der Waals surface area contributed by atoms with Crippen LogP contribution >= 0.6 is 108 Å². The average molecular weight is 1760 g/mol. The molecule has 0 aliphatic carbocycles. The fourth-order valence-electron chi connectivity index (χ4n) is 9.81. The lowest BCUT2D eigenvalue weighted by Crippen LogP contribution is -2.34. The SMILES string of the molecule is CC(=O)CC(CSSC(=O)c1ccccc1)C(=O)NCc1ccccc1.CCCCNC(=O)C(CSSC(=O)c1ccccc1)CC(=O)c1ccccc1.COC(=O)C(CSSC(=O)c1ccccc1)CC(=O)c1ccccc1.COC(=O)C(CSSC(C)=O)CC(=O)c1ccccc1.O=C(SSC(=O)c1ccccc1)c1ccccc1. The number of nitrogens with one attached hydrogen (secondary N) is 2. The molecule has 0 aliphatic heterocycles. The van der Waals surface area contributed by atoms with Gasteiger partial charge in [0.15, 0.2) is 22.5 Å². The fourth-order valence-corrected chi connectivity index (χ4v) is 19.7. The van der Waals surface area contributed by atoms with Crippen LogP contribution in [0.5, 0.6) is 0 Å². The summed E-state index contributed by atoms with van der Waals surface area (Å²) in [5.41, 5.74) is 5.82. The summed E-state index contributed by atoms with van der Waals surface area (Å²) in [6.07, 6.45) is 2.35. The summed E-state index contributed by atoms with van der Waals surface area (Å²) in [7, 11) is 14.0.